The number of benzene rings is 1. The van der Waals surface area contributed by atoms with Gasteiger partial charge in [0.05, 0.1) is 6.10 Å². The summed E-state index contributed by atoms with van der Waals surface area (Å²) in [5, 5.41) is 12.8. The smallest absolute Gasteiger partial charge is 0.130 e. The van der Waals surface area contributed by atoms with Crippen LogP contribution in [0.2, 0.25) is 0 Å². The first-order valence-electron chi connectivity index (χ1n) is 7.54. The van der Waals surface area contributed by atoms with Gasteiger partial charge in [-0.05, 0) is 43.7 Å². The Morgan fingerprint density at radius 3 is 2.59 bits per heavy atom. The van der Waals surface area contributed by atoms with Crippen molar-refractivity contribution in [3.63, 3.8) is 0 Å². The molecule has 0 saturated heterocycles. The molecule has 1 aliphatic carbocycles. The van der Waals surface area contributed by atoms with Gasteiger partial charge in [-0.1, -0.05) is 12.1 Å². The van der Waals surface area contributed by atoms with Gasteiger partial charge in [0.25, 0.3) is 0 Å². The molecule has 0 aliphatic heterocycles. The van der Waals surface area contributed by atoms with E-state index >= 15 is 0 Å². The Bertz CT molecular complexity index is 639. The van der Waals surface area contributed by atoms with Crippen molar-refractivity contribution in [2.75, 3.05) is 11.6 Å². The van der Waals surface area contributed by atoms with Crippen LogP contribution < -0.4 is 5.32 Å². The number of rotatable bonds is 5. The number of aliphatic hydroxyl groups excluding tert-OH is 1. The second-order valence-electron chi connectivity index (χ2n) is 5.75. The highest BCUT2D eigenvalue weighted by atomic mass is 32.2. The molecule has 2 aromatic rings. The third-order valence-electron chi connectivity index (χ3n) is 4.02. The molecule has 5 heteroatoms. The predicted molar refractivity (Wildman–Crippen MR) is 90.3 cm³/mol. The first kappa shape index (κ1) is 15.3. The standard InChI is InChI=1S/C17H21N3OS/c1-11-19-16(13-7-14(21)8-13)9-17(20-11)18-10-12-3-5-15(22-2)6-4-12/h3-6,9,13-14,21H,7-8,10H2,1-2H3,(H,18,19,20). The van der Waals surface area contributed by atoms with Crippen molar-refractivity contribution in [1.29, 1.82) is 0 Å². The Morgan fingerprint density at radius 1 is 1.23 bits per heavy atom. The normalized spacial score (nSPS) is 20.5. The first-order chi connectivity index (χ1) is 10.6. The minimum absolute atomic E-state index is 0.161. The second kappa shape index (κ2) is 6.67. The molecule has 2 N–H and O–H groups in total. The Balaban J connectivity index is 1.66. The summed E-state index contributed by atoms with van der Waals surface area (Å²) in [7, 11) is 0. The van der Waals surface area contributed by atoms with Gasteiger partial charge in [0, 0.05) is 29.1 Å². The van der Waals surface area contributed by atoms with Gasteiger partial charge in [0.1, 0.15) is 11.6 Å². The number of nitrogens with zero attached hydrogens (tertiary/aromatic N) is 2. The molecule has 0 spiro atoms. The van der Waals surface area contributed by atoms with Crippen LogP contribution >= 0.6 is 11.8 Å². The topological polar surface area (TPSA) is 58.0 Å². The summed E-state index contributed by atoms with van der Waals surface area (Å²) >= 11 is 1.75. The fourth-order valence-electron chi connectivity index (χ4n) is 2.66. The number of anilines is 1. The maximum absolute atomic E-state index is 9.45. The molecule has 3 rings (SSSR count). The summed E-state index contributed by atoms with van der Waals surface area (Å²) in [5.41, 5.74) is 2.27. The van der Waals surface area contributed by atoms with E-state index in [2.05, 4.69) is 45.8 Å². The van der Waals surface area contributed by atoms with Crippen LogP contribution in [-0.2, 0) is 6.54 Å². The van der Waals surface area contributed by atoms with Crippen molar-refractivity contribution >= 4 is 17.6 Å². The Morgan fingerprint density at radius 2 is 1.95 bits per heavy atom. The van der Waals surface area contributed by atoms with E-state index in [1.807, 2.05) is 13.0 Å². The molecule has 0 bridgehead atoms. The van der Waals surface area contributed by atoms with Crippen LogP contribution in [0.15, 0.2) is 35.2 Å². The lowest BCUT2D eigenvalue weighted by Gasteiger charge is -2.31. The SMILES string of the molecule is CSc1ccc(CNc2cc(C3CC(O)C3)nc(C)n2)cc1. The van der Waals surface area contributed by atoms with E-state index < -0.39 is 0 Å². The van der Waals surface area contributed by atoms with E-state index in [1.165, 1.54) is 10.5 Å². The largest absolute Gasteiger partial charge is 0.393 e. The molecule has 0 amide bonds. The summed E-state index contributed by atoms with van der Waals surface area (Å²) in [6.07, 6.45) is 3.54. The maximum atomic E-state index is 9.45. The molecule has 0 unspecified atom stereocenters. The van der Waals surface area contributed by atoms with Crippen LogP contribution in [0, 0.1) is 6.92 Å². The number of hydrogen-bond acceptors (Lipinski definition) is 5. The molecule has 22 heavy (non-hydrogen) atoms. The van der Waals surface area contributed by atoms with Gasteiger partial charge in [-0.2, -0.15) is 0 Å². The van der Waals surface area contributed by atoms with Crippen molar-refractivity contribution in [3.8, 4) is 0 Å². The van der Waals surface area contributed by atoms with E-state index in [4.69, 9.17) is 0 Å². The molecular formula is C17H21N3OS. The highest BCUT2D eigenvalue weighted by molar-refractivity contribution is 7.98. The minimum Gasteiger partial charge on any atom is -0.393 e. The zero-order chi connectivity index (χ0) is 15.5. The van der Waals surface area contributed by atoms with Gasteiger partial charge in [-0.15, -0.1) is 11.8 Å². The minimum atomic E-state index is -0.161. The van der Waals surface area contributed by atoms with Crippen LogP contribution in [0.4, 0.5) is 5.82 Å². The fraction of sp³-hybridized carbons (Fsp3) is 0.412. The van der Waals surface area contributed by atoms with Gasteiger partial charge in [0.15, 0.2) is 0 Å². The number of nitrogens with one attached hydrogen (secondary N) is 1. The number of aryl methyl sites for hydroxylation is 1. The van der Waals surface area contributed by atoms with E-state index in [-0.39, 0.29) is 6.10 Å². The maximum Gasteiger partial charge on any atom is 0.130 e. The van der Waals surface area contributed by atoms with Crippen LogP contribution in [0.25, 0.3) is 0 Å². The highest BCUT2D eigenvalue weighted by Gasteiger charge is 2.30. The monoisotopic (exact) mass is 315 g/mol. The average Bonchev–Trinajstić information content (AvgIpc) is 2.50. The Kier molecular flexibility index (Phi) is 4.64. The number of aliphatic hydroxyl groups is 1. The van der Waals surface area contributed by atoms with Crippen molar-refractivity contribution in [2.45, 2.75) is 43.2 Å². The zero-order valence-corrected chi connectivity index (χ0v) is 13.7. The van der Waals surface area contributed by atoms with E-state index in [1.54, 1.807) is 11.8 Å². The lowest BCUT2D eigenvalue weighted by Crippen LogP contribution is -2.27. The average molecular weight is 315 g/mol. The van der Waals surface area contributed by atoms with Crippen molar-refractivity contribution < 1.29 is 5.11 Å². The Labute approximate surface area is 135 Å². The molecular weight excluding hydrogens is 294 g/mol. The third kappa shape index (κ3) is 3.59. The molecule has 116 valence electrons. The molecule has 1 fully saturated rings. The van der Waals surface area contributed by atoms with Crippen molar-refractivity contribution in [1.82, 2.24) is 9.97 Å². The molecule has 1 aromatic heterocycles. The molecule has 0 radical (unpaired) electrons. The molecule has 1 aliphatic rings. The van der Waals surface area contributed by atoms with Crippen LogP contribution in [-0.4, -0.2) is 27.4 Å². The quantitative estimate of drug-likeness (QED) is 0.829. The molecule has 0 atom stereocenters. The zero-order valence-electron chi connectivity index (χ0n) is 12.9. The van der Waals surface area contributed by atoms with Gasteiger partial charge in [-0.25, -0.2) is 9.97 Å². The van der Waals surface area contributed by atoms with Gasteiger partial charge in [0.2, 0.25) is 0 Å². The van der Waals surface area contributed by atoms with Gasteiger partial charge < -0.3 is 10.4 Å². The van der Waals surface area contributed by atoms with Crippen molar-refractivity contribution in [2.24, 2.45) is 0 Å². The number of hydrogen-bond donors (Lipinski definition) is 2. The van der Waals surface area contributed by atoms with E-state index in [9.17, 15) is 5.11 Å². The van der Waals surface area contributed by atoms with Crippen LogP contribution in [0.5, 0.6) is 0 Å². The summed E-state index contributed by atoms with van der Waals surface area (Å²) in [6, 6.07) is 10.5. The molecule has 1 saturated carbocycles. The number of aromatic nitrogens is 2. The third-order valence-corrected chi connectivity index (χ3v) is 4.77. The first-order valence-corrected chi connectivity index (χ1v) is 8.77. The lowest BCUT2D eigenvalue weighted by atomic mass is 9.80. The van der Waals surface area contributed by atoms with Crippen LogP contribution in [0.1, 0.15) is 35.8 Å². The summed E-state index contributed by atoms with van der Waals surface area (Å²) in [6.45, 7) is 2.66. The highest BCUT2D eigenvalue weighted by Crippen LogP contribution is 2.36. The van der Waals surface area contributed by atoms with E-state index in [0.717, 1.165) is 36.7 Å². The van der Waals surface area contributed by atoms with Gasteiger partial charge >= 0.3 is 0 Å². The summed E-state index contributed by atoms with van der Waals surface area (Å²) in [5.74, 6) is 2.01. The van der Waals surface area contributed by atoms with E-state index in [0.29, 0.717) is 5.92 Å². The predicted octanol–water partition coefficient (Wildman–Crippen LogP) is 3.36. The molecule has 4 nitrogen and oxygen atoms in total. The second-order valence-corrected chi connectivity index (χ2v) is 6.63. The Hall–Kier alpha value is -1.59. The summed E-state index contributed by atoms with van der Waals surface area (Å²) < 4.78 is 0. The lowest BCUT2D eigenvalue weighted by molar-refractivity contribution is 0.0731. The molecule has 1 heterocycles. The fourth-order valence-corrected chi connectivity index (χ4v) is 3.06. The van der Waals surface area contributed by atoms with Crippen LogP contribution in [0.3, 0.4) is 0 Å². The van der Waals surface area contributed by atoms with Crippen molar-refractivity contribution in [3.05, 3.63) is 47.4 Å². The van der Waals surface area contributed by atoms with Gasteiger partial charge in [-0.3, -0.25) is 0 Å². The number of thioether (sulfide) groups is 1. The molecule has 1 aromatic carbocycles. The summed E-state index contributed by atoms with van der Waals surface area (Å²) in [4.78, 5) is 10.2.